The number of ether oxygens (including phenoxy) is 2. The zero-order chi connectivity index (χ0) is 25.8. The molecule has 207 valence electrons. The molecule has 0 fully saturated rings. The molecule has 2 aromatic carbocycles. The van der Waals surface area contributed by atoms with Gasteiger partial charge in [0.2, 0.25) is 0 Å². The minimum Gasteiger partial charge on any atom is -2.00 e. The maximum absolute atomic E-state index is 11.9. The molecule has 0 saturated carbocycles. The fourth-order valence-electron chi connectivity index (χ4n) is 2.19. The summed E-state index contributed by atoms with van der Waals surface area (Å²) in [6.45, 7) is 0.159. The van der Waals surface area contributed by atoms with E-state index in [0.29, 0.717) is 34.6 Å². The maximum atomic E-state index is 11.9. The normalized spacial score (nSPS) is 10.5. The first-order valence-corrected chi connectivity index (χ1v) is 12.1. The third kappa shape index (κ3) is 18.5. The fraction of sp³-hybridized carbons (Fsp3) is 0.391. The summed E-state index contributed by atoms with van der Waals surface area (Å²) in [7, 11) is 2.85. The number of benzene rings is 2. The summed E-state index contributed by atoms with van der Waals surface area (Å²) in [5, 5.41) is 33.8. The van der Waals surface area contributed by atoms with E-state index in [1.807, 2.05) is 0 Å². The van der Waals surface area contributed by atoms with Crippen LogP contribution in [0, 0.1) is 0 Å². The smallest absolute Gasteiger partial charge is 2.00 e. The molecule has 0 aromatic heterocycles. The molecule has 0 saturated heterocycles. The van der Waals surface area contributed by atoms with Crippen molar-refractivity contribution in [2.75, 3.05) is 50.8 Å². The largest absolute Gasteiger partial charge is 4.00 e. The molecule has 0 aliphatic heterocycles. The number of alkyl halides is 4. The van der Waals surface area contributed by atoms with Crippen LogP contribution in [0.15, 0.2) is 46.4 Å². The van der Waals surface area contributed by atoms with Crippen molar-refractivity contribution < 1.29 is 54.3 Å². The Kier molecular flexibility index (Phi) is 31.9. The predicted octanol–water partition coefficient (Wildman–Crippen LogP) is 2.63. The topological polar surface area (TPSA) is 171 Å². The molecule has 1 radical (unpaired) electrons. The molecule has 2 aromatic rings. The van der Waals surface area contributed by atoms with Crippen molar-refractivity contribution in [1.29, 1.82) is 0 Å². The second kappa shape index (κ2) is 27.6. The van der Waals surface area contributed by atoms with Crippen molar-refractivity contribution >= 4 is 58.8 Å². The summed E-state index contributed by atoms with van der Waals surface area (Å²) in [5.74, 6) is 2.20. The standard InChI is InChI=1S/C19H22N2O5.2C2H4Cl2.H2O.O.V/c1-25-16-7-3-5-13(18(16)23)9-20-11-15(22)12-21-10-14-6-4-8-17(26-2)19(14)24;2*3-1-2-4;;;/h3-10,15,22-24H,11-12H2,1-2H3;2*1-2H2;1H2;;/q;;;;-2;+4/p-1. The average molecular weight is 640 g/mol. The van der Waals surface area contributed by atoms with Gasteiger partial charge in [-0.3, -0.25) is 9.98 Å². The van der Waals surface area contributed by atoms with Crippen molar-refractivity contribution in [2.24, 2.45) is 9.98 Å². The molecule has 0 spiro atoms. The van der Waals surface area contributed by atoms with Crippen LogP contribution >= 0.6 is 46.4 Å². The Morgan fingerprint density at radius 2 is 1.11 bits per heavy atom. The fourth-order valence-corrected chi connectivity index (χ4v) is 2.19. The molecule has 2 rings (SSSR count). The van der Waals surface area contributed by atoms with Crippen LogP contribution in [0.3, 0.4) is 0 Å². The first-order valence-electron chi connectivity index (χ1n) is 9.99. The number of halogens is 4. The van der Waals surface area contributed by atoms with Crippen LogP contribution in [-0.2, 0) is 29.5 Å². The molecular weight excluding hydrogens is 609 g/mol. The number of hydrogen-bond acceptors (Lipinski definition) is 7. The number of hydrogen-bond donors (Lipinski definition) is 1. The number of nitrogens with zero attached hydrogens (tertiary/aromatic N) is 2. The third-order valence-corrected chi connectivity index (χ3v) is 4.84. The molecule has 14 heteroatoms. The number of aliphatic hydroxyl groups excluding tert-OH is 1. The van der Waals surface area contributed by atoms with Crippen LogP contribution in [0.5, 0.6) is 23.0 Å². The monoisotopic (exact) mass is 638 g/mol. The van der Waals surface area contributed by atoms with Gasteiger partial charge in [-0.25, -0.2) is 0 Å². The van der Waals surface area contributed by atoms with Gasteiger partial charge in [0.25, 0.3) is 0 Å². The van der Waals surface area contributed by atoms with Crippen molar-refractivity contribution in [3.8, 4) is 23.0 Å². The van der Waals surface area contributed by atoms with Gasteiger partial charge in [-0.05, 0) is 23.3 Å². The summed E-state index contributed by atoms with van der Waals surface area (Å²) in [6.07, 6.45) is 1.97. The minimum absolute atomic E-state index is 0. The molecule has 0 amide bonds. The number of rotatable bonds is 10. The van der Waals surface area contributed by atoms with E-state index in [1.165, 1.54) is 26.6 Å². The quantitative estimate of drug-likeness (QED) is 0.239. The van der Waals surface area contributed by atoms with Crippen LogP contribution in [0.2, 0.25) is 0 Å². The van der Waals surface area contributed by atoms with Crippen LogP contribution in [0.25, 0.3) is 0 Å². The Morgan fingerprint density at radius 3 is 1.38 bits per heavy atom. The van der Waals surface area contributed by atoms with E-state index in [-0.39, 0.29) is 65.6 Å². The molecule has 37 heavy (non-hydrogen) atoms. The van der Waals surface area contributed by atoms with Crippen LogP contribution < -0.4 is 19.7 Å². The van der Waals surface area contributed by atoms with E-state index in [1.54, 1.807) is 36.4 Å². The van der Waals surface area contributed by atoms with Gasteiger partial charge < -0.3 is 35.7 Å². The first kappa shape index (κ1) is 42.7. The van der Waals surface area contributed by atoms with Gasteiger partial charge in [0.1, 0.15) is 11.5 Å². The molecule has 0 heterocycles. The van der Waals surface area contributed by atoms with Crippen LogP contribution in [0.4, 0.5) is 0 Å². The van der Waals surface area contributed by atoms with Crippen molar-refractivity contribution in [2.45, 2.75) is 6.10 Å². The molecule has 0 aliphatic carbocycles. The van der Waals surface area contributed by atoms with Crippen molar-refractivity contribution in [3.63, 3.8) is 0 Å². The summed E-state index contributed by atoms with van der Waals surface area (Å²) < 4.78 is 9.91. The molecule has 0 bridgehead atoms. The van der Waals surface area contributed by atoms with E-state index >= 15 is 0 Å². The molecular formula is C23H31Cl4N2O7V+. The summed E-state index contributed by atoms with van der Waals surface area (Å²) in [6, 6.07) is 9.78. The van der Waals surface area contributed by atoms with Gasteiger partial charge in [-0.1, -0.05) is 35.8 Å². The van der Waals surface area contributed by atoms with Crippen LogP contribution in [-0.4, -0.2) is 74.5 Å². The number of aliphatic hydroxyl groups is 1. The van der Waals surface area contributed by atoms with Gasteiger partial charge >= 0.3 is 18.6 Å². The SMILES string of the molecule is COc1cccc(C=NCC(O)CN=Cc2cccc(OC)c2[O-])c1[O-].ClCCCl.ClCCCl.[O-2].[OH3+].[V+4]. The molecule has 0 aliphatic rings. The van der Waals surface area contributed by atoms with Crippen molar-refractivity contribution in [1.82, 2.24) is 0 Å². The molecule has 0 atom stereocenters. The average Bonchev–Trinajstić information content (AvgIpc) is 2.86. The number of methoxy groups -OCH3 is 2. The number of aliphatic imine (C=N–C) groups is 2. The van der Waals surface area contributed by atoms with Gasteiger partial charge in [-0.15, -0.1) is 46.4 Å². The Morgan fingerprint density at radius 1 is 0.784 bits per heavy atom. The predicted molar refractivity (Wildman–Crippen MR) is 144 cm³/mol. The van der Waals surface area contributed by atoms with E-state index in [4.69, 9.17) is 55.9 Å². The zero-order valence-corrected chi connectivity index (χ0v) is 24.8. The zero-order valence-electron chi connectivity index (χ0n) is 20.4. The molecule has 0 unspecified atom stereocenters. The van der Waals surface area contributed by atoms with E-state index < -0.39 is 6.10 Å². The Bertz CT molecular complexity index is 807. The summed E-state index contributed by atoms with van der Waals surface area (Å²) >= 11 is 20.2. The summed E-state index contributed by atoms with van der Waals surface area (Å²) in [4.78, 5) is 8.12. The Balaban J connectivity index is -0.000000435. The van der Waals surface area contributed by atoms with Crippen LogP contribution in [0.1, 0.15) is 11.1 Å². The van der Waals surface area contributed by atoms with Gasteiger partial charge in [0.05, 0.1) is 33.4 Å². The Labute approximate surface area is 249 Å². The second-order valence-electron chi connectivity index (χ2n) is 6.16. The van der Waals surface area contributed by atoms with E-state index in [2.05, 4.69) is 9.98 Å². The van der Waals surface area contributed by atoms with Gasteiger partial charge in [0.15, 0.2) is 0 Å². The van der Waals surface area contributed by atoms with Crippen molar-refractivity contribution in [3.05, 3.63) is 47.5 Å². The van der Waals surface area contributed by atoms with Gasteiger partial charge in [0, 0.05) is 35.9 Å². The third-order valence-electron chi connectivity index (χ3n) is 3.69. The second-order valence-corrected chi connectivity index (χ2v) is 7.67. The number of para-hydroxylation sites is 2. The molecule has 9 nitrogen and oxygen atoms in total. The maximum Gasteiger partial charge on any atom is 4.00 e. The molecule has 4 N–H and O–H groups in total. The Hall–Kier alpha value is -1.40. The van der Waals surface area contributed by atoms with Gasteiger partial charge in [-0.2, -0.15) is 0 Å². The first-order chi connectivity index (χ1) is 16.4. The van der Waals surface area contributed by atoms with E-state index in [0.717, 1.165) is 0 Å². The minimum atomic E-state index is -0.830. The van der Waals surface area contributed by atoms with E-state index in [9.17, 15) is 15.3 Å². The summed E-state index contributed by atoms with van der Waals surface area (Å²) in [5.41, 5.74) is 0.764.